The molecule has 0 atom stereocenters. The van der Waals surface area contributed by atoms with Crippen LogP contribution < -0.4 is 5.32 Å². The van der Waals surface area contributed by atoms with Crippen LogP contribution in [0.15, 0.2) is 18.2 Å². The van der Waals surface area contributed by atoms with Crippen LogP contribution in [-0.4, -0.2) is 30.2 Å². The van der Waals surface area contributed by atoms with Gasteiger partial charge in [-0.05, 0) is 25.1 Å². The van der Waals surface area contributed by atoms with Crippen LogP contribution in [0.3, 0.4) is 0 Å². The molecule has 0 aliphatic carbocycles. The number of carbonyl (C=O) groups is 2. The Balaban J connectivity index is 2.79. The lowest BCUT2D eigenvalue weighted by molar-refractivity contribution is -0.120. The molecule has 0 heterocycles. The average molecular weight is 258 g/mol. The fourth-order valence-corrected chi connectivity index (χ4v) is 1.30. The third-order valence-electron chi connectivity index (χ3n) is 1.92. The maximum Gasteiger partial charge on any atom is 0.335 e. The van der Waals surface area contributed by atoms with Gasteiger partial charge in [0.15, 0.2) is 0 Å². The van der Waals surface area contributed by atoms with Crippen molar-refractivity contribution in [1.29, 1.82) is 0 Å². The van der Waals surface area contributed by atoms with Gasteiger partial charge >= 0.3 is 5.97 Å². The Hall–Kier alpha value is -1.59. The number of ether oxygens (including phenoxy) is 1. The molecule has 0 spiro atoms. The number of anilines is 1. The van der Waals surface area contributed by atoms with Crippen molar-refractivity contribution >= 4 is 29.2 Å². The highest BCUT2D eigenvalue weighted by molar-refractivity contribution is 6.33. The van der Waals surface area contributed by atoms with Crippen LogP contribution in [0.1, 0.15) is 17.3 Å². The number of carboxylic acids is 1. The van der Waals surface area contributed by atoms with Crippen molar-refractivity contribution in [1.82, 2.24) is 0 Å². The van der Waals surface area contributed by atoms with Crippen molar-refractivity contribution in [3.63, 3.8) is 0 Å². The maximum absolute atomic E-state index is 11.4. The standard InChI is InChI=1S/C11H12ClNO4/c1-2-17-6-10(14)13-9-5-7(11(15)16)3-4-8(9)12/h3-5H,2,6H2,1H3,(H,13,14)(H,15,16). The van der Waals surface area contributed by atoms with E-state index in [-0.39, 0.29) is 28.8 Å². The molecule has 0 aliphatic rings. The minimum Gasteiger partial charge on any atom is -0.478 e. The Bertz CT molecular complexity index is 433. The molecule has 0 saturated carbocycles. The highest BCUT2D eigenvalue weighted by Crippen LogP contribution is 2.23. The fourth-order valence-electron chi connectivity index (χ4n) is 1.14. The number of hydrogen-bond acceptors (Lipinski definition) is 3. The smallest absolute Gasteiger partial charge is 0.335 e. The molecule has 0 unspecified atom stereocenters. The van der Waals surface area contributed by atoms with Gasteiger partial charge in [0.1, 0.15) is 6.61 Å². The second-order valence-electron chi connectivity index (χ2n) is 3.19. The van der Waals surface area contributed by atoms with Crippen molar-refractivity contribution in [2.75, 3.05) is 18.5 Å². The van der Waals surface area contributed by atoms with E-state index in [9.17, 15) is 9.59 Å². The van der Waals surface area contributed by atoms with Gasteiger partial charge in [0.05, 0.1) is 16.3 Å². The van der Waals surface area contributed by atoms with Gasteiger partial charge in [-0.2, -0.15) is 0 Å². The van der Waals surface area contributed by atoms with Crippen molar-refractivity contribution in [2.45, 2.75) is 6.92 Å². The minimum absolute atomic E-state index is 0.0566. The van der Waals surface area contributed by atoms with Crippen LogP contribution in [0.2, 0.25) is 5.02 Å². The topological polar surface area (TPSA) is 75.6 Å². The molecular weight excluding hydrogens is 246 g/mol. The molecule has 0 bridgehead atoms. The second kappa shape index (κ2) is 6.22. The van der Waals surface area contributed by atoms with Crippen LogP contribution >= 0.6 is 11.6 Å². The number of halogens is 1. The van der Waals surface area contributed by atoms with Gasteiger partial charge in [-0.1, -0.05) is 11.6 Å². The van der Waals surface area contributed by atoms with E-state index in [1.54, 1.807) is 6.92 Å². The lowest BCUT2D eigenvalue weighted by Gasteiger charge is -2.08. The minimum atomic E-state index is -1.08. The van der Waals surface area contributed by atoms with Crippen molar-refractivity contribution < 1.29 is 19.4 Å². The van der Waals surface area contributed by atoms with Crippen LogP contribution in [0.4, 0.5) is 5.69 Å². The third kappa shape index (κ3) is 4.05. The third-order valence-corrected chi connectivity index (χ3v) is 2.25. The molecule has 0 radical (unpaired) electrons. The zero-order valence-corrected chi connectivity index (χ0v) is 9.95. The number of rotatable bonds is 5. The highest BCUT2D eigenvalue weighted by atomic mass is 35.5. The van der Waals surface area contributed by atoms with Crippen LogP contribution in [0.5, 0.6) is 0 Å². The number of nitrogens with one attached hydrogen (secondary N) is 1. The molecule has 2 N–H and O–H groups in total. The van der Waals surface area contributed by atoms with Crippen molar-refractivity contribution in [3.8, 4) is 0 Å². The van der Waals surface area contributed by atoms with Gasteiger partial charge in [-0.3, -0.25) is 4.79 Å². The second-order valence-corrected chi connectivity index (χ2v) is 3.59. The molecule has 1 rings (SSSR count). The first-order valence-corrected chi connectivity index (χ1v) is 5.32. The molecule has 6 heteroatoms. The maximum atomic E-state index is 11.4. The Morgan fingerprint density at radius 1 is 1.47 bits per heavy atom. The number of benzene rings is 1. The van der Waals surface area contributed by atoms with E-state index in [4.69, 9.17) is 21.4 Å². The number of carboxylic acid groups (broad SMARTS) is 1. The zero-order valence-electron chi connectivity index (χ0n) is 9.20. The lowest BCUT2D eigenvalue weighted by Crippen LogP contribution is -2.18. The summed E-state index contributed by atoms with van der Waals surface area (Å²) in [5.41, 5.74) is 0.317. The normalized spacial score (nSPS) is 10.0. The van der Waals surface area contributed by atoms with E-state index < -0.39 is 5.97 Å². The molecule has 0 aromatic heterocycles. The largest absolute Gasteiger partial charge is 0.478 e. The zero-order chi connectivity index (χ0) is 12.8. The van der Waals surface area contributed by atoms with Gasteiger partial charge in [0, 0.05) is 6.61 Å². The molecule has 92 valence electrons. The number of carbonyl (C=O) groups excluding carboxylic acids is 1. The molecule has 17 heavy (non-hydrogen) atoms. The summed E-state index contributed by atoms with van der Waals surface area (Å²) in [5.74, 6) is -1.46. The molecule has 0 aliphatic heterocycles. The van der Waals surface area contributed by atoms with E-state index >= 15 is 0 Å². The summed E-state index contributed by atoms with van der Waals surface area (Å²) in [6.45, 7) is 2.10. The monoisotopic (exact) mass is 257 g/mol. The predicted octanol–water partition coefficient (Wildman–Crippen LogP) is 2.01. The number of aromatic carboxylic acids is 1. The van der Waals surface area contributed by atoms with E-state index in [0.29, 0.717) is 6.61 Å². The fraction of sp³-hybridized carbons (Fsp3) is 0.273. The summed E-state index contributed by atoms with van der Waals surface area (Å²) in [5, 5.41) is 11.6. The van der Waals surface area contributed by atoms with E-state index in [0.717, 1.165) is 0 Å². The predicted molar refractivity (Wildman–Crippen MR) is 63.5 cm³/mol. The van der Waals surface area contributed by atoms with E-state index in [1.807, 2.05) is 0 Å². The SMILES string of the molecule is CCOCC(=O)Nc1cc(C(=O)O)ccc1Cl. The Labute approximate surface area is 103 Å². The first-order valence-electron chi connectivity index (χ1n) is 4.95. The Kier molecular flexibility index (Phi) is 4.93. The van der Waals surface area contributed by atoms with Gasteiger partial charge < -0.3 is 15.2 Å². The quantitative estimate of drug-likeness (QED) is 0.846. The van der Waals surface area contributed by atoms with Crippen LogP contribution in [-0.2, 0) is 9.53 Å². The Morgan fingerprint density at radius 2 is 2.18 bits per heavy atom. The molecular formula is C11H12ClNO4. The molecule has 0 fully saturated rings. The molecule has 1 amide bonds. The van der Waals surface area contributed by atoms with Gasteiger partial charge in [-0.25, -0.2) is 4.79 Å². The summed E-state index contributed by atoms with van der Waals surface area (Å²) < 4.78 is 4.91. The summed E-state index contributed by atoms with van der Waals surface area (Å²) in [4.78, 5) is 22.1. The van der Waals surface area contributed by atoms with E-state index in [1.165, 1.54) is 18.2 Å². The Morgan fingerprint density at radius 3 is 2.76 bits per heavy atom. The van der Waals surface area contributed by atoms with Gasteiger partial charge in [0.25, 0.3) is 0 Å². The lowest BCUT2D eigenvalue weighted by atomic mass is 10.2. The summed E-state index contributed by atoms with van der Waals surface area (Å²) in [6.07, 6.45) is 0. The first-order chi connectivity index (χ1) is 8.04. The first kappa shape index (κ1) is 13.5. The summed E-state index contributed by atoms with van der Waals surface area (Å²) in [7, 11) is 0. The van der Waals surface area contributed by atoms with Gasteiger partial charge in [-0.15, -0.1) is 0 Å². The molecule has 1 aromatic carbocycles. The number of amides is 1. The van der Waals surface area contributed by atoms with E-state index in [2.05, 4.69) is 5.32 Å². The van der Waals surface area contributed by atoms with Crippen LogP contribution in [0.25, 0.3) is 0 Å². The highest BCUT2D eigenvalue weighted by Gasteiger charge is 2.09. The van der Waals surface area contributed by atoms with Crippen molar-refractivity contribution in [3.05, 3.63) is 28.8 Å². The van der Waals surface area contributed by atoms with Gasteiger partial charge in [0.2, 0.25) is 5.91 Å². The van der Waals surface area contributed by atoms with Crippen molar-refractivity contribution in [2.24, 2.45) is 0 Å². The molecule has 5 nitrogen and oxygen atoms in total. The summed E-state index contributed by atoms with van der Waals surface area (Å²) >= 11 is 5.83. The van der Waals surface area contributed by atoms with Crippen LogP contribution in [0, 0.1) is 0 Å². The average Bonchev–Trinajstić information content (AvgIpc) is 2.29. The number of hydrogen-bond donors (Lipinski definition) is 2. The molecule has 0 saturated heterocycles. The molecule has 1 aromatic rings. The summed E-state index contributed by atoms with van der Waals surface area (Å²) in [6, 6.07) is 4.08.